The first-order valence-corrected chi connectivity index (χ1v) is 11.8. The molecule has 2 saturated heterocycles. The topological polar surface area (TPSA) is 72.0 Å². The van der Waals surface area contributed by atoms with Gasteiger partial charge >= 0.3 is 5.97 Å². The number of fused-ring (bicyclic) bond motifs is 1. The zero-order valence-corrected chi connectivity index (χ0v) is 18.6. The highest BCUT2D eigenvalue weighted by atomic mass is 16.5. The van der Waals surface area contributed by atoms with E-state index in [-0.39, 0.29) is 17.8 Å². The van der Waals surface area contributed by atoms with E-state index in [2.05, 4.69) is 9.88 Å². The lowest BCUT2D eigenvalue weighted by Gasteiger charge is -2.52. The van der Waals surface area contributed by atoms with E-state index in [1.165, 1.54) is 0 Å². The lowest BCUT2D eigenvalue weighted by Crippen LogP contribution is -2.59. The molecule has 0 bridgehead atoms. The van der Waals surface area contributed by atoms with E-state index in [1.54, 1.807) is 6.20 Å². The highest BCUT2D eigenvalue weighted by molar-refractivity contribution is 5.81. The van der Waals surface area contributed by atoms with Gasteiger partial charge in [0.05, 0.1) is 25.2 Å². The van der Waals surface area contributed by atoms with Crippen LogP contribution in [0.25, 0.3) is 0 Å². The second-order valence-electron chi connectivity index (χ2n) is 9.12. The first-order valence-electron chi connectivity index (χ1n) is 11.8. The number of esters is 1. The fraction of sp³-hybridized carbons (Fsp3) is 0.708. The molecule has 1 aromatic heterocycles. The number of likely N-dealkylation sites (tertiary alicyclic amines) is 1. The van der Waals surface area contributed by atoms with Gasteiger partial charge in [0.1, 0.15) is 0 Å². The number of nitrogens with zero attached hydrogens (tertiary/aromatic N) is 3. The van der Waals surface area contributed by atoms with Gasteiger partial charge in [-0.2, -0.15) is 0 Å². The maximum atomic E-state index is 13.2. The standard InChI is InChI=1S/C24H35N3O4/c1-2-31-23(29)24-9-7-21(26-12-14-30-15-13-26)16-20(24)8-11-27(18-24)22(28)6-5-19-4-3-10-25-17-19/h3-4,10,17,20-21H,2,5-9,11-16,18H2,1H3/t20-,21-,24-/m1/s1. The van der Waals surface area contributed by atoms with Crippen LogP contribution in [0.2, 0.25) is 0 Å². The highest BCUT2D eigenvalue weighted by Gasteiger charge is 2.54. The van der Waals surface area contributed by atoms with Crippen molar-refractivity contribution in [3.8, 4) is 0 Å². The Morgan fingerprint density at radius 2 is 2.10 bits per heavy atom. The van der Waals surface area contributed by atoms with Crippen molar-refractivity contribution in [3.05, 3.63) is 30.1 Å². The molecule has 4 rings (SSSR count). The molecule has 1 aromatic rings. The average molecular weight is 430 g/mol. The van der Waals surface area contributed by atoms with Crippen molar-refractivity contribution in [3.63, 3.8) is 0 Å². The monoisotopic (exact) mass is 429 g/mol. The van der Waals surface area contributed by atoms with Crippen LogP contribution < -0.4 is 0 Å². The largest absolute Gasteiger partial charge is 0.466 e. The molecule has 3 aliphatic rings. The normalized spacial score (nSPS) is 29.3. The number of carbonyl (C=O) groups excluding carboxylic acids is 2. The zero-order chi connectivity index (χ0) is 21.7. The van der Waals surface area contributed by atoms with Crippen molar-refractivity contribution in [1.29, 1.82) is 0 Å². The Morgan fingerprint density at radius 3 is 2.84 bits per heavy atom. The van der Waals surface area contributed by atoms with Gasteiger partial charge < -0.3 is 14.4 Å². The van der Waals surface area contributed by atoms with E-state index in [1.807, 2.05) is 30.2 Å². The summed E-state index contributed by atoms with van der Waals surface area (Å²) < 4.78 is 11.1. The number of carbonyl (C=O) groups is 2. The van der Waals surface area contributed by atoms with Gasteiger partial charge in [0, 0.05) is 51.0 Å². The number of pyridine rings is 1. The molecule has 7 heteroatoms. The second kappa shape index (κ2) is 10.1. The minimum absolute atomic E-state index is 0.106. The van der Waals surface area contributed by atoms with E-state index >= 15 is 0 Å². The minimum Gasteiger partial charge on any atom is -0.466 e. The van der Waals surface area contributed by atoms with E-state index < -0.39 is 5.41 Å². The molecule has 0 spiro atoms. The molecule has 3 fully saturated rings. The minimum atomic E-state index is -0.555. The summed E-state index contributed by atoms with van der Waals surface area (Å²) >= 11 is 0. The van der Waals surface area contributed by atoms with E-state index in [0.717, 1.165) is 64.1 Å². The molecule has 0 radical (unpaired) electrons. The Labute approximate surface area is 185 Å². The lowest BCUT2D eigenvalue weighted by atomic mass is 9.61. The first kappa shape index (κ1) is 22.2. The Morgan fingerprint density at radius 1 is 1.26 bits per heavy atom. The maximum Gasteiger partial charge on any atom is 0.314 e. The summed E-state index contributed by atoms with van der Waals surface area (Å²) in [5, 5.41) is 0. The molecular formula is C24H35N3O4. The molecule has 3 atom stereocenters. The van der Waals surface area contributed by atoms with Gasteiger partial charge in [-0.05, 0) is 56.6 Å². The molecule has 170 valence electrons. The summed E-state index contributed by atoms with van der Waals surface area (Å²) in [5.41, 5.74) is 0.512. The fourth-order valence-electron chi connectivity index (χ4n) is 5.68. The summed E-state index contributed by atoms with van der Waals surface area (Å²) in [6.07, 6.45) is 8.34. The van der Waals surface area contributed by atoms with Gasteiger partial charge in [-0.15, -0.1) is 0 Å². The van der Waals surface area contributed by atoms with Crippen molar-refractivity contribution < 1.29 is 19.1 Å². The van der Waals surface area contributed by atoms with Crippen LogP contribution in [0.1, 0.15) is 44.6 Å². The van der Waals surface area contributed by atoms with Gasteiger partial charge in [-0.1, -0.05) is 6.07 Å². The van der Waals surface area contributed by atoms with Crippen molar-refractivity contribution in [1.82, 2.24) is 14.8 Å². The molecule has 7 nitrogen and oxygen atoms in total. The first-order chi connectivity index (χ1) is 15.1. The van der Waals surface area contributed by atoms with Crippen molar-refractivity contribution >= 4 is 11.9 Å². The molecule has 1 amide bonds. The summed E-state index contributed by atoms with van der Waals surface area (Å²) in [6.45, 7) is 7.02. The number of amides is 1. The van der Waals surface area contributed by atoms with Crippen molar-refractivity contribution in [2.45, 2.75) is 51.5 Å². The quantitative estimate of drug-likeness (QED) is 0.646. The van der Waals surface area contributed by atoms with Crippen LogP contribution in [-0.2, 0) is 25.5 Å². The number of aromatic nitrogens is 1. The number of aryl methyl sites for hydroxylation is 1. The molecule has 31 heavy (non-hydrogen) atoms. The molecular weight excluding hydrogens is 394 g/mol. The van der Waals surface area contributed by atoms with Crippen LogP contribution in [-0.4, -0.2) is 78.7 Å². The Bertz CT molecular complexity index is 752. The number of piperidine rings is 1. The van der Waals surface area contributed by atoms with Crippen LogP contribution in [0, 0.1) is 11.3 Å². The van der Waals surface area contributed by atoms with Gasteiger partial charge in [-0.3, -0.25) is 19.5 Å². The van der Waals surface area contributed by atoms with E-state index in [0.29, 0.717) is 32.0 Å². The number of rotatable bonds is 6. The highest BCUT2D eigenvalue weighted by Crippen LogP contribution is 2.48. The lowest BCUT2D eigenvalue weighted by molar-refractivity contribution is -0.171. The molecule has 0 unspecified atom stereocenters. The molecule has 3 heterocycles. The van der Waals surface area contributed by atoms with Crippen molar-refractivity contribution in [2.75, 3.05) is 46.0 Å². The molecule has 2 aliphatic heterocycles. The SMILES string of the molecule is CCOC(=O)[C@@]12CC[C@@H](N3CCOCC3)C[C@H]1CCN(C(=O)CCc1cccnc1)C2. The third-order valence-corrected chi connectivity index (χ3v) is 7.43. The number of ether oxygens (including phenoxy) is 2. The van der Waals surface area contributed by atoms with Gasteiger partial charge in [0.25, 0.3) is 0 Å². The van der Waals surface area contributed by atoms with Crippen LogP contribution in [0.4, 0.5) is 0 Å². The van der Waals surface area contributed by atoms with Gasteiger partial charge in [0.15, 0.2) is 0 Å². The van der Waals surface area contributed by atoms with E-state index in [9.17, 15) is 9.59 Å². The maximum absolute atomic E-state index is 13.2. The Balaban J connectivity index is 1.43. The van der Waals surface area contributed by atoms with Gasteiger partial charge in [0.2, 0.25) is 5.91 Å². The van der Waals surface area contributed by atoms with Gasteiger partial charge in [-0.25, -0.2) is 0 Å². The Kier molecular flexibility index (Phi) is 7.23. The summed E-state index contributed by atoms with van der Waals surface area (Å²) in [6, 6.07) is 4.40. The number of hydrogen-bond acceptors (Lipinski definition) is 6. The smallest absolute Gasteiger partial charge is 0.314 e. The fourth-order valence-corrected chi connectivity index (χ4v) is 5.68. The predicted molar refractivity (Wildman–Crippen MR) is 116 cm³/mol. The van der Waals surface area contributed by atoms with Crippen LogP contribution in [0.3, 0.4) is 0 Å². The van der Waals surface area contributed by atoms with E-state index in [4.69, 9.17) is 9.47 Å². The zero-order valence-electron chi connectivity index (χ0n) is 18.6. The average Bonchev–Trinajstić information content (AvgIpc) is 2.83. The van der Waals surface area contributed by atoms with Crippen LogP contribution in [0.5, 0.6) is 0 Å². The number of morpholine rings is 1. The van der Waals surface area contributed by atoms with Crippen LogP contribution in [0.15, 0.2) is 24.5 Å². The Hall–Kier alpha value is -1.99. The molecule has 0 aromatic carbocycles. The van der Waals surface area contributed by atoms with Crippen molar-refractivity contribution in [2.24, 2.45) is 11.3 Å². The third kappa shape index (κ3) is 4.93. The second-order valence-corrected chi connectivity index (χ2v) is 9.12. The summed E-state index contributed by atoms with van der Waals surface area (Å²) in [7, 11) is 0. The molecule has 1 saturated carbocycles. The van der Waals surface area contributed by atoms with Crippen LogP contribution >= 0.6 is 0 Å². The third-order valence-electron chi connectivity index (χ3n) is 7.43. The molecule has 1 aliphatic carbocycles. The summed E-state index contributed by atoms with van der Waals surface area (Å²) in [5.74, 6) is 0.294. The number of hydrogen-bond donors (Lipinski definition) is 0. The summed E-state index contributed by atoms with van der Waals surface area (Å²) in [4.78, 5) is 34.8. The molecule has 0 N–H and O–H groups in total. The predicted octanol–water partition coefficient (Wildman–Crippen LogP) is 2.30.